The van der Waals surface area contributed by atoms with E-state index in [1.807, 2.05) is 0 Å². The number of hydrogen-bond donors (Lipinski definition) is 0. The van der Waals surface area contributed by atoms with Crippen LogP contribution < -0.4 is 0 Å². The normalized spacial score (nSPS) is 10.6. The average Bonchev–Trinajstić information content (AvgIpc) is 2.16. The van der Waals surface area contributed by atoms with Crippen molar-refractivity contribution in [1.29, 1.82) is 0 Å². The number of aldehydes is 1. The fraction of sp³-hybridized carbons (Fsp3) is 0.250. The molecule has 0 atom stereocenters. The van der Waals surface area contributed by atoms with Crippen molar-refractivity contribution < 1.29 is 13.6 Å². The summed E-state index contributed by atoms with van der Waals surface area (Å²) in [5.41, 5.74) is -0.480. The molecule has 1 aromatic heterocycles. The van der Waals surface area contributed by atoms with E-state index in [0.29, 0.717) is 6.29 Å². The third kappa shape index (κ3) is 2.01. The Labute approximate surface area is 88.8 Å². The summed E-state index contributed by atoms with van der Waals surface area (Å²) in [6, 6.07) is 0. The third-order valence-electron chi connectivity index (χ3n) is 1.64. The number of hydrogen-bond acceptors (Lipinski definition) is 2. The van der Waals surface area contributed by atoms with Gasteiger partial charge in [0.1, 0.15) is 5.69 Å². The molecular weight excluding hydrogens is 235 g/mol. The molecule has 6 heteroatoms. The lowest BCUT2D eigenvalue weighted by molar-refractivity contribution is 0.111. The molecule has 0 aliphatic heterocycles. The maximum atomic E-state index is 12.5. The molecule has 0 saturated carbocycles. The molecule has 0 bridgehead atoms. The van der Waals surface area contributed by atoms with Crippen LogP contribution in [0.4, 0.5) is 8.78 Å². The number of pyridine rings is 1. The Morgan fingerprint density at radius 2 is 2.21 bits per heavy atom. The third-order valence-corrected chi connectivity index (χ3v) is 2.33. The van der Waals surface area contributed by atoms with E-state index < -0.39 is 12.0 Å². The standard InChI is InChI=1S/C8H5Cl2F2NO/c9-1-4-2-13-5(3-14)7(10)6(4)8(11)12/h2-3,8H,1H2. The summed E-state index contributed by atoms with van der Waals surface area (Å²) < 4.78 is 25.0. The summed E-state index contributed by atoms with van der Waals surface area (Å²) in [6.45, 7) is 0. The highest BCUT2D eigenvalue weighted by molar-refractivity contribution is 6.33. The highest BCUT2D eigenvalue weighted by Gasteiger charge is 2.19. The van der Waals surface area contributed by atoms with Gasteiger partial charge in [0.25, 0.3) is 6.43 Å². The molecule has 14 heavy (non-hydrogen) atoms. The molecule has 0 aromatic carbocycles. The predicted molar refractivity (Wildman–Crippen MR) is 49.1 cm³/mol. The van der Waals surface area contributed by atoms with Gasteiger partial charge in [0.2, 0.25) is 0 Å². The largest absolute Gasteiger partial charge is 0.296 e. The Balaban J connectivity index is 3.38. The van der Waals surface area contributed by atoms with E-state index in [-0.39, 0.29) is 22.2 Å². The van der Waals surface area contributed by atoms with Crippen LogP contribution in [0.3, 0.4) is 0 Å². The second kappa shape index (κ2) is 4.66. The highest BCUT2D eigenvalue weighted by atomic mass is 35.5. The first-order chi connectivity index (χ1) is 6.61. The lowest BCUT2D eigenvalue weighted by Crippen LogP contribution is -2.00. The quantitative estimate of drug-likeness (QED) is 0.599. The molecule has 76 valence electrons. The minimum Gasteiger partial charge on any atom is -0.296 e. The van der Waals surface area contributed by atoms with Gasteiger partial charge in [-0.05, 0) is 5.56 Å². The van der Waals surface area contributed by atoms with Crippen LogP contribution in [0.5, 0.6) is 0 Å². The fourth-order valence-electron chi connectivity index (χ4n) is 0.977. The van der Waals surface area contributed by atoms with Crippen molar-refractivity contribution >= 4 is 29.5 Å². The van der Waals surface area contributed by atoms with Crippen molar-refractivity contribution in [3.63, 3.8) is 0 Å². The van der Waals surface area contributed by atoms with Gasteiger partial charge < -0.3 is 0 Å². The molecular formula is C8H5Cl2F2NO. The average molecular weight is 240 g/mol. The Hall–Kier alpha value is -0.740. The first-order valence-electron chi connectivity index (χ1n) is 3.58. The Bertz CT molecular complexity index is 357. The second-order valence-electron chi connectivity index (χ2n) is 2.45. The number of nitrogens with zero attached hydrogens (tertiary/aromatic N) is 1. The molecule has 1 heterocycles. The van der Waals surface area contributed by atoms with Crippen LogP contribution in [0, 0.1) is 0 Å². The molecule has 0 aliphatic rings. The summed E-state index contributed by atoms with van der Waals surface area (Å²) >= 11 is 11.0. The van der Waals surface area contributed by atoms with Gasteiger partial charge in [0, 0.05) is 17.6 Å². The zero-order chi connectivity index (χ0) is 10.7. The van der Waals surface area contributed by atoms with E-state index in [4.69, 9.17) is 23.2 Å². The maximum Gasteiger partial charge on any atom is 0.265 e. The molecule has 0 unspecified atom stereocenters. The Morgan fingerprint density at radius 3 is 2.64 bits per heavy atom. The van der Waals surface area contributed by atoms with Crippen LogP contribution in [0.25, 0.3) is 0 Å². The second-order valence-corrected chi connectivity index (χ2v) is 3.09. The minimum absolute atomic E-state index is 0.120. The first kappa shape index (κ1) is 11.3. The molecule has 0 amide bonds. The summed E-state index contributed by atoms with van der Waals surface area (Å²) in [5, 5.41) is -0.326. The summed E-state index contributed by atoms with van der Waals surface area (Å²) in [4.78, 5) is 14.0. The van der Waals surface area contributed by atoms with Gasteiger partial charge in [-0.25, -0.2) is 8.78 Å². The molecule has 1 rings (SSSR count). The van der Waals surface area contributed by atoms with Crippen LogP contribution in [-0.4, -0.2) is 11.3 Å². The van der Waals surface area contributed by atoms with Crippen molar-refractivity contribution in [3.8, 4) is 0 Å². The number of alkyl halides is 3. The van der Waals surface area contributed by atoms with E-state index in [1.165, 1.54) is 0 Å². The van der Waals surface area contributed by atoms with Crippen molar-refractivity contribution in [1.82, 2.24) is 4.98 Å². The molecule has 0 aliphatic carbocycles. The van der Waals surface area contributed by atoms with Crippen LogP contribution in [-0.2, 0) is 5.88 Å². The lowest BCUT2D eigenvalue weighted by Gasteiger charge is -2.08. The van der Waals surface area contributed by atoms with Crippen LogP contribution in [0.2, 0.25) is 5.02 Å². The molecule has 1 aromatic rings. The number of carbonyl (C=O) groups is 1. The molecule has 0 saturated heterocycles. The monoisotopic (exact) mass is 239 g/mol. The van der Waals surface area contributed by atoms with Crippen molar-refractivity contribution in [2.24, 2.45) is 0 Å². The maximum absolute atomic E-state index is 12.5. The van der Waals surface area contributed by atoms with E-state index in [2.05, 4.69) is 4.98 Å². The molecule has 0 radical (unpaired) electrons. The fourth-order valence-corrected chi connectivity index (χ4v) is 1.49. The molecule has 0 spiro atoms. The smallest absolute Gasteiger partial charge is 0.265 e. The molecule has 0 fully saturated rings. The van der Waals surface area contributed by atoms with Gasteiger partial charge >= 0.3 is 0 Å². The zero-order valence-electron chi connectivity index (χ0n) is 6.81. The summed E-state index contributed by atoms with van der Waals surface area (Å²) in [6.07, 6.45) is -1.31. The number of carbonyl (C=O) groups excluding carboxylic acids is 1. The highest BCUT2D eigenvalue weighted by Crippen LogP contribution is 2.31. The van der Waals surface area contributed by atoms with Crippen molar-refractivity contribution in [2.75, 3.05) is 0 Å². The van der Waals surface area contributed by atoms with Gasteiger partial charge in [0.15, 0.2) is 6.29 Å². The molecule has 0 N–H and O–H groups in total. The minimum atomic E-state index is -2.77. The molecule has 2 nitrogen and oxygen atoms in total. The van der Waals surface area contributed by atoms with Gasteiger partial charge in [-0.3, -0.25) is 9.78 Å². The number of halogens is 4. The van der Waals surface area contributed by atoms with Crippen LogP contribution >= 0.6 is 23.2 Å². The van der Waals surface area contributed by atoms with E-state index in [9.17, 15) is 13.6 Å². The SMILES string of the molecule is O=Cc1ncc(CCl)c(C(F)F)c1Cl. The van der Waals surface area contributed by atoms with Gasteiger partial charge in [0.05, 0.1) is 5.02 Å². The number of rotatable bonds is 3. The van der Waals surface area contributed by atoms with E-state index in [1.54, 1.807) is 0 Å². The first-order valence-corrected chi connectivity index (χ1v) is 4.49. The van der Waals surface area contributed by atoms with Gasteiger partial charge in [-0.1, -0.05) is 11.6 Å². The van der Waals surface area contributed by atoms with E-state index >= 15 is 0 Å². The van der Waals surface area contributed by atoms with Gasteiger partial charge in [-0.2, -0.15) is 0 Å². The van der Waals surface area contributed by atoms with Crippen LogP contribution in [0.1, 0.15) is 28.0 Å². The van der Waals surface area contributed by atoms with Crippen molar-refractivity contribution in [3.05, 3.63) is 28.0 Å². The number of aromatic nitrogens is 1. The van der Waals surface area contributed by atoms with Crippen LogP contribution in [0.15, 0.2) is 6.20 Å². The van der Waals surface area contributed by atoms with Gasteiger partial charge in [-0.15, -0.1) is 11.6 Å². The van der Waals surface area contributed by atoms with Crippen molar-refractivity contribution in [2.45, 2.75) is 12.3 Å². The summed E-state index contributed by atoms with van der Waals surface area (Å²) in [5.74, 6) is -0.120. The van der Waals surface area contributed by atoms with E-state index in [0.717, 1.165) is 6.20 Å². The topological polar surface area (TPSA) is 30.0 Å². The predicted octanol–water partition coefficient (Wildman–Crippen LogP) is 3.22. The summed E-state index contributed by atoms with van der Waals surface area (Å²) in [7, 11) is 0. The Morgan fingerprint density at radius 1 is 1.57 bits per heavy atom. The zero-order valence-corrected chi connectivity index (χ0v) is 8.32. The Kier molecular flexibility index (Phi) is 3.77. The lowest BCUT2D eigenvalue weighted by atomic mass is 10.1.